The van der Waals surface area contributed by atoms with Crippen molar-refractivity contribution in [3.05, 3.63) is 76.3 Å². The number of hydrogen-bond donors (Lipinski definition) is 1. The molecule has 0 bridgehead atoms. The molecular weight excluding hydrogens is 356 g/mol. The normalized spacial score (nSPS) is 10.5. The monoisotopic (exact) mass is 370 g/mol. The van der Waals surface area contributed by atoms with Crippen LogP contribution in [0.5, 0.6) is 0 Å². The number of anilines is 1. The number of nitrogens with zero attached hydrogens (tertiary/aromatic N) is 3. The predicted octanol–water partition coefficient (Wildman–Crippen LogP) is 3.65. The van der Waals surface area contributed by atoms with Gasteiger partial charge in [-0.2, -0.15) is 5.10 Å². The maximum Gasteiger partial charge on any atom is 0.276 e. The molecule has 23 heavy (non-hydrogen) atoms. The first-order chi connectivity index (χ1) is 11.1. The second-order valence-corrected chi connectivity index (χ2v) is 6.07. The maximum absolute atomic E-state index is 12.3. The first-order valence-corrected chi connectivity index (χ1v) is 7.91. The summed E-state index contributed by atoms with van der Waals surface area (Å²) >= 11 is 3.46. The number of nitrogens with one attached hydrogen (secondary N) is 1. The molecule has 0 radical (unpaired) electrons. The summed E-state index contributed by atoms with van der Waals surface area (Å²) in [6.45, 7) is 2.55. The highest BCUT2D eigenvalue weighted by Crippen LogP contribution is 2.14. The lowest BCUT2D eigenvalue weighted by Crippen LogP contribution is -2.13. The Morgan fingerprint density at radius 1 is 1.26 bits per heavy atom. The van der Waals surface area contributed by atoms with E-state index < -0.39 is 0 Å². The van der Waals surface area contributed by atoms with E-state index in [0.29, 0.717) is 17.9 Å². The fourth-order valence-corrected chi connectivity index (χ4v) is 2.67. The Kier molecular flexibility index (Phi) is 4.52. The number of halogens is 1. The molecule has 0 unspecified atom stereocenters. The predicted molar refractivity (Wildman–Crippen MR) is 92.4 cm³/mol. The Labute approximate surface area is 142 Å². The van der Waals surface area contributed by atoms with Crippen molar-refractivity contribution >= 4 is 27.5 Å². The lowest BCUT2D eigenvalue weighted by atomic mass is 10.2. The van der Waals surface area contributed by atoms with E-state index in [1.54, 1.807) is 30.6 Å². The minimum atomic E-state index is -0.242. The third kappa shape index (κ3) is 3.84. The van der Waals surface area contributed by atoms with E-state index in [1.807, 2.05) is 35.9 Å². The van der Waals surface area contributed by atoms with Crippen LogP contribution in [-0.4, -0.2) is 20.7 Å². The van der Waals surface area contributed by atoms with Gasteiger partial charge in [0.05, 0.1) is 18.4 Å². The summed E-state index contributed by atoms with van der Waals surface area (Å²) < 4.78 is 2.84. The van der Waals surface area contributed by atoms with Crippen LogP contribution >= 0.6 is 15.9 Å². The van der Waals surface area contributed by atoms with Gasteiger partial charge in [0.15, 0.2) is 5.69 Å². The van der Waals surface area contributed by atoms with Gasteiger partial charge in [-0.15, -0.1) is 0 Å². The number of rotatable bonds is 4. The molecule has 2 heterocycles. The van der Waals surface area contributed by atoms with E-state index in [2.05, 4.69) is 31.3 Å². The first kappa shape index (κ1) is 15.4. The number of aromatic nitrogens is 3. The number of carbonyl (C=O) groups is 1. The highest BCUT2D eigenvalue weighted by molar-refractivity contribution is 9.10. The maximum atomic E-state index is 12.3. The molecule has 0 spiro atoms. The average molecular weight is 371 g/mol. The molecule has 1 aromatic carbocycles. The lowest BCUT2D eigenvalue weighted by molar-refractivity contribution is 0.102. The van der Waals surface area contributed by atoms with E-state index in [1.165, 1.54) is 0 Å². The van der Waals surface area contributed by atoms with E-state index in [4.69, 9.17) is 0 Å². The van der Waals surface area contributed by atoms with Gasteiger partial charge in [-0.25, -0.2) is 0 Å². The number of benzene rings is 1. The van der Waals surface area contributed by atoms with Crippen molar-refractivity contribution in [2.45, 2.75) is 13.5 Å². The topological polar surface area (TPSA) is 59.8 Å². The van der Waals surface area contributed by atoms with Gasteiger partial charge >= 0.3 is 0 Å². The zero-order chi connectivity index (χ0) is 16.2. The third-order valence-electron chi connectivity index (χ3n) is 3.35. The molecule has 0 aliphatic carbocycles. The van der Waals surface area contributed by atoms with Crippen LogP contribution in [0.3, 0.4) is 0 Å². The molecular formula is C17H15BrN4O. The Balaban J connectivity index is 1.76. The van der Waals surface area contributed by atoms with Crippen molar-refractivity contribution in [3.63, 3.8) is 0 Å². The van der Waals surface area contributed by atoms with Crippen molar-refractivity contribution in [3.8, 4) is 0 Å². The Hall–Kier alpha value is -2.47. The fraction of sp³-hybridized carbons (Fsp3) is 0.118. The Morgan fingerprint density at radius 3 is 2.87 bits per heavy atom. The summed E-state index contributed by atoms with van der Waals surface area (Å²) in [4.78, 5) is 16.2. The molecule has 0 aliphatic heterocycles. The van der Waals surface area contributed by atoms with Crippen LogP contribution in [0.4, 0.5) is 5.69 Å². The quantitative estimate of drug-likeness (QED) is 0.762. The van der Waals surface area contributed by atoms with Gasteiger partial charge in [0.2, 0.25) is 0 Å². The zero-order valence-electron chi connectivity index (χ0n) is 12.5. The summed E-state index contributed by atoms with van der Waals surface area (Å²) in [5.41, 5.74) is 3.09. The van der Waals surface area contributed by atoms with Crippen LogP contribution in [0, 0.1) is 6.92 Å². The molecule has 0 fully saturated rings. The molecule has 1 amide bonds. The SMILES string of the molecule is Cc1cc(C(=O)Nc2cccnc2)nn1Cc1cccc(Br)c1. The van der Waals surface area contributed by atoms with E-state index in [9.17, 15) is 4.79 Å². The number of hydrogen-bond acceptors (Lipinski definition) is 3. The minimum Gasteiger partial charge on any atom is -0.319 e. The highest BCUT2D eigenvalue weighted by Gasteiger charge is 2.13. The molecule has 5 nitrogen and oxygen atoms in total. The van der Waals surface area contributed by atoms with Gasteiger partial charge in [-0.3, -0.25) is 14.5 Å². The van der Waals surface area contributed by atoms with Crippen LogP contribution < -0.4 is 5.32 Å². The summed E-state index contributed by atoms with van der Waals surface area (Å²) in [5, 5.41) is 7.19. The number of amides is 1. The van der Waals surface area contributed by atoms with Gasteiger partial charge in [-0.05, 0) is 42.8 Å². The van der Waals surface area contributed by atoms with Crippen molar-refractivity contribution in [2.24, 2.45) is 0 Å². The molecule has 3 aromatic rings. The Bertz CT molecular complexity index is 830. The lowest BCUT2D eigenvalue weighted by Gasteiger charge is -2.05. The van der Waals surface area contributed by atoms with Gasteiger partial charge in [0.25, 0.3) is 5.91 Å². The Morgan fingerprint density at radius 2 is 2.13 bits per heavy atom. The first-order valence-electron chi connectivity index (χ1n) is 7.12. The van der Waals surface area contributed by atoms with Crippen molar-refractivity contribution < 1.29 is 4.79 Å². The third-order valence-corrected chi connectivity index (χ3v) is 3.85. The second-order valence-electron chi connectivity index (χ2n) is 5.15. The molecule has 2 aromatic heterocycles. The van der Waals surface area contributed by atoms with Gasteiger partial charge < -0.3 is 5.32 Å². The second kappa shape index (κ2) is 6.75. The fourth-order valence-electron chi connectivity index (χ4n) is 2.22. The van der Waals surface area contributed by atoms with Gasteiger partial charge in [0.1, 0.15) is 0 Å². The van der Waals surface area contributed by atoms with Crippen LogP contribution in [-0.2, 0) is 6.54 Å². The summed E-state index contributed by atoms with van der Waals surface area (Å²) in [5.74, 6) is -0.242. The van der Waals surface area contributed by atoms with Crippen LogP contribution in [0.1, 0.15) is 21.7 Å². The number of carbonyl (C=O) groups excluding carboxylic acids is 1. The van der Waals surface area contributed by atoms with Crippen molar-refractivity contribution in [1.29, 1.82) is 0 Å². The molecule has 116 valence electrons. The molecule has 1 N–H and O–H groups in total. The standard InChI is InChI=1S/C17H15BrN4O/c1-12-8-16(17(23)20-15-6-3-7-19-10-15)21-22(12)11-13-4-2-5-14(18)9-13/h2-10H,11H2,1H3,(H,20,23). The minimum absolute atomic E-state index is 0.242. The smallest absolute Gasteiger partial charge is 0.276 e. The molecule has 3 rings (SSSR count). The van der Waals surface area contributed by atoms with E-state index in [-0.39, 0.29) is 5.91 Å². The van der Waals surface area contributed by atoms with Crippen LogP contribution in [0.15, 0.2) is 59.3 Å². The van der Waals surface area contributed by atoms with Gasteiger partial charge in [-0.1, -0.05) is 28.1 Å². The molecule has 0 aliphatic rings. The molecule has 0 atom stereocenters. The molecule has 6 heteroatoms. The zero-order valence-corrected chi connectivity index (χ0v) is 14.1. The number of aryl methyl sites for hydroxylation is 1. The van der Waals surface area contributed by atoms with Crippen molar-refractivity contribution in [1.82, 2.24) is 14.8 Å². The van der Waals surface area contributed by atoms with E-state index >= 15 is 0 Å². The summed E-state index contributed by atoms with van der Waals surface area (Å²) in [6, 6.07) is 13.4. The molecule has 0 saturated carbocycles. The van der Waals surface area contributed by atoms with E-state index in [0.717, 1.165) is 15.7 Å². The largest absolute Gasteiger partial charge is 0.319 e. The number of pyridine rings is 1. The summed E-state index contributed by atoms with van der Waals surface area (Å²) in [7, 11) is 0. The van der Waals surface area contributed by atoms with Gasteiger partial charge in [0, 0.05) is 16.4 Å². The van der Waals surface area contributed by atoms with Crippen molar-refractivity contribution in [2.75, 3.05) is 5.32 Å². The highest BCUT2D eigenvalue weighted by atomic mass is 79.9. The van der Waals surface area contributed by atoms with Crippen LogP contribution in [0.2, 0.25) is 0 Å². The summed E-state index contributed by atoms with van der Waals surface area (Å²) in [6.07, 6.45) is 3.26. The van der Waals surface area contributed by atoms with Crippen LogP contribution in [0.25, 0.3) is 0 Å². The average Bonchev–Trinajstić information content (AvgIpc) is 2.89. The molecule has 0 saturated heterocycles.